The summed E-state index contributed by atoms with van der Waals surface area (Å²) in [5.41, 5.74) is 5.79. The Hall–Kier alpha value is -0.320. The molecule has 4 nitrogen and oxygen atoms in total. The van der Waals surface area contributed by atoms with E-state index < -0.39 is 0 Å². The normalized spacial score (nSPS) is 24.7. The number of ether oxygens (including phenoxy) is 1. The van der Waals surface area contributed by atoms with E-state index in [0.29, 0.717) is 18.4 Å². The highest BCUT2D eigenvalue weighted by Gasteiger charge is 2.29. The zero-order chi connectivity index (χ0) is 13.5. The van der Waals surface area contributed by atoms with E-state index >= 15 is 0 Å². The van der Waals surface area contributed by atoms with Crippen molar-refractivity contribution in [1.82, 2.24) is 5.32 Å². The Morgan fingerprint density at radius 3 is 2.74 bits per heavy atom. The number of nitrogens with one attached hydrogen (secondary N) is 1. The van der Waals surface area contributed by atoms with Gasteiger partial charge in [0.2, 0.25) is 5.91 Å². The molecule has 0 saturated carbocycles. The van der Waals surface area contributed by atoms with E-state index in [2.05, 4.69) is 19.2 Å². The molecule has 1 rings (SSSR count). The van der Waals surface area contributed by atoms with Crippen molar-refractivity contribution in [1.29, 1.82) is 0 Å². The van der Waals surface area contributed by atoms with Crippen LogP contribution in [0.2, 0.25) is 0 Å². The summed E-state index contributed by atoms with van der Waals surface area (Å²) in [5.74, 6) is 0.901. The van der Waals surface area contributed by atoms with Gasteiger partial charge < -0.3 is 15.8 Å². The molecule has 0 aromatic rings. The Bertz CT molecular complexity index is 262. The van der Waals surface area contributed by atoms with E-state index in [-0.39, 0.29) is 30.5 Å². The average Bonchev–Trinajstić information content (AvgIpc) is 2.36. The first-order valence-electron chi connectivity index (χ1n) is 7.21. The van der Waals surface area contributed by atoms with Gasteiger partial charge in [0.15, 0.2) is 0 Å². The first-order valence-corrected chi connectivity index (χ1v) is 7.21. The maximum Gasteiger partial charge on any atom is 0.236 e. The summed E-state index contributed by atoms with van der Waals surface area (Å²) in [7, 11) is 0. The van der Waals surface area contributed by atoms with Gasteiger partial charge in [0.1, 0.15) is 0 Å². The van der Waals surface area contributed by atoms with Crippen LogP contribution >= 0.6 is 12.4 Å². The average molecular weight is 293 g/mol. The van der Waals surface area contributed by atoms with Gasteiger partial charge in [-0.05, 0) is 25.2 Å². The van der Waals surface area contributed by atoms with Crippen LogP contribution in [0.4, 0.5) is 0 Å². The maximum absolute atomic E-state index is 11.8. The number of amides is 1. The number of nitrogens with two attached hydrogens (primary N) is 1. The molecule has 0 aromatic carbocycles. The molecule has 0 aliphatic carbocycles. The fraction of sp³-hybridized carbons (Fsp3) is 0.929. The molecule has 5 heteroatoms. The van der Waals surface area contributed by atoms with E-state index in [1.165, 1.54) is 0 Å². The minimum absolute atomic E-state index is 0. The molecule has 1 aliphatic heterocycles. The number of carbonyl (C=O) groups is 1. The largest absolute Gasteiger partial charge is 0.378 e. The maximum atomic E-state index is 11.8. The fourth-order valence-electron chi connectivity index (χ4n) is 2.63. The number of halogens is 1. The third kappa shape index (κ3) is 6.11. The lowest BCUT2D eigenvalue weighted by molar-refractivity contribution is -0.123. The van der Waals surface area contributed by atoms with Crippen molar-refractivity contribution < 1.29 is 9.53 Å². The molecule has 1 amide bonds. The van der Waals surface area contributed by atoms with E-state index in [4.69, 9.17) is 10.5 Å². The minimum Gasteiger partial charge on any atom is -0.378 e. The van der Waals surface area contributed by atoms with Gasteiger partial charge in [0.25, 0.3) is 0 Å². The molecular weight excluding hydrogens is 264 g/mol. The number of rotatable bonds is 6. The molecule has 1 saturated heterocycles. The molecule has 1 aliphatic rings. The molecule has 0 aromatic heterocycles. The van der Waals surface area contributed by atoms with Gasteiger partial charge in [0.05, 0.1) is 12.1 Å². The second-order valence-electron chi connectivity index (χ2n) is 5.62. The predicted molar refractivity (Wildman–Crippen MR) is 80.4 cm³/mol. The molecule has 1 heterocycles. The summed E-state index contributed by atoms with van der Waals surface area (Å²) >= 11 is 0. The Kier molecular flexibility index (Phi) is 9.40. The Morgan fingerprint density at radius 1 is 1.47 bits per heavy atom. The molecule has 0 spiro atoms. The molecular formula is C14H29ClN2O2. The Labute approximate surface area is 123 Å². The van der Waals surface area contributed by atoms with Crippen molar-refractivity contribution in [2.75, 3.05) is 13.2 Å². The van der Waals surface area contributed by atoms with Crippen molar-refractivity contribution in [3.8, 4) is 0 Å². The number of hydrogen-bond donors (Lipinski definition) is 2. The minimum atomic E-state index is -0.364. The quantitative estimate of drug-likeness (QED) is 0.788. The molecule has 0 bridgehead atoms. The van der Waals surface area contributed by atoms with E-state index in [0.717, 1.165) is 32.3 Å². The topological polar surface area (TPSA) is 64.4 Å². The fourth-order valence-corrected chi connectivity index (χ4v) is 2.63. The van der Waals surface area contributed by atoms with Crippen molar-refractivity contribution in [3.05, 3.63) is 0 Å². The van der Waals surface area contributed by atoms with Gasteiger partial charge in [-0.1, -0.05) is 27.2 Å². The van der Waals surface area contributed by atoms with Gasteiger partial charge >= 0.3 is 0 Å². The third-order valence-corrected chi connectivity index (χ3v) is 3.63. The van der Waals surface area contributed by atoms with Gasteiger partial charge in [0, 0.05) is 19.1 Å². The van der Waals surface area contributed by atoms with Crippen LogP contribution in [0.15, 0.2) is 0 Å². The van der Waals surface area contributed by atoms with Crippen molar-refractivity contribution in [2.45, 2.75) is 58.6 Å². The second kappa shape index (κ2) is 9.56. The number of carbonyl (C=O) groups excluding carboxylic acids is 1. The lowest BCUT2D eigenvalue weighted by Crippen LogP contribution is -2.46. The molecule has 3 N–H and O–H groups in total. The summed E-state index contributed by atoms with van der Waals surface area (Å²) in [6.07, 6.45) is 4.18. The van der Waals surface area contributed by atoms with Crippen molar-refractivity contribution >= 4 is 18.3 Å². The first-order chi connectivity index (χ1) is 8.56. The second-order valence-corrected chi connectivity index (χ2v) is 5.62. The molecule has 19 heavy (non-hydrogen) atoms. The smallest absolute Gasteiger partial charge is 0.236 e. The summed E-state index contributed by atoms with van der Waals surface area (Å²) < 4.78 is 5.81. The Morgan fingerprint density at radius 2 is 2.16 bits per heavy atom. The summed E-state index contributed by atoms with van der Waals surface area (Å²) in [4.78, 5) is 11.8. The number of hydrogen-bond acceptors (Lipinski definition) is 3. The molecule has 1 fully saturated rings. The van der Waals surface area contributed by atoms with Crippen LogP contribution in [0.5, 0.6) is 0 Å². The van der Waals surface area contributed by atoms with Crippen LogP contribution in [-0.4, -0.2) is 31.2 Å². The van der Waals surface area contributed by atoms with Crippen molar-refractivity contribution in [3.63, 3.8) is 0 Å². The van der Waals surface area contributed by atoms with Crippen LogP contribution in [0.3, 0.4) is 0 Å². The van der Waals surface area contributed by atoms with Crippen LogP contribution in [0.25, 0.3) is 0 Å². The Balaban J connectivity index is 0.00000324. The summed E-state index contributed by atoms with van der Waals surface area (Å²) in [6, 6.07) is -0.364. The van der Waals surface area contributed by atoms with Crippen LogP contribution in [0.1, 0.15) is 46.5 Å². The molecule has 114 valence electrons. The standard InChI is InChI=1S/C14H28N2O2.ClH/c1-4-6-12(15)14(17)16-9-11-7-5-8-18-13(11)10(2)3;/h10-13H,4-9,15H2,1-3H3,(H,16,17);1H. The monoisotopic (exact) mass is 292 g/mol. The highest BCUT2D eigenvalue weighted by Crippen LogP contribution is 2.25. The summed E-state index contributed by atoms with van der Waals surface area (Å²) in [6.45, 7) is 7.93. The highest BCUT2D eigenvalue weighted by atomic mass is 35.5. The SMILES string of the molecule is CCCC(N)C(=O)NCC1CCCOC1C(C)C.Cl. The molecule has 3 atom stereocenters. The van der Waals surface area contributed by atoms with Crippen LogP contribution in [-0.2, 0) is 9.53 Å². The lowest BCUT2D eigenvalue weighted by atomic mass is 9.87. The first kappa shape index (κ1) is 18.7. The highest BCUT2D eigenvalue weighted by molar-refractivity contribution is 5.85. The molecule has 3 unspecified atom stereocenters. The van der Waals surface area contributed by atoms with Crippen molar-refractivity contribution in [2.24, 2.45) is 17.6 Å². The zero-order valence-electron chi connectivity index (χ0n) is 12.4. The lowest BCUT2D eigenvalue weighted by Gasteiger charge is -2.34. The zero-order valence-corrected chi connectivity index (χ0v) is 13.2. The predicted octanol–water partition coefficient (Wildman–Crippen LogP) is 2.10. The van der Waals surface area contributed by atoms with Crippen LogP contribution in [0, 0.1) is 11.8 Å². The van der Waals surface area contributed by atoms with Gasteiger partial charge in [-0.15, -0.1) is 12.4 Å². The van der Waals surface area contributed by atoms with Gasteiger partial charge in [-0.2, -0.15) is 0 Å². The van der Waals surface area contributed by atoms with E-state index in [1.807, 2.05) is 6.92 Å². The van der Waals surface area contributed by atoms with Gasteiger partial charge in [-0.25, -0.2) is 0 Å². The third-order valence-electron chi connectivity index (χ3n) is 3.63. The summed E-state index contributed by atoms with van der Waals surface area (Å²) in [5, 5.41) is 2.98. The molecule has 0 radical (unpaired) electrons. The van der Waals surface area contributed by atoms with Gasteiger partial charge in [-0.3, -0.25) is 4.79 Å². The van der Waals surface area contributed by atoms with E-state index in [9.17, 15) is 4.79 Å². The van der Waals surface area contributed by atoms with Crippen LogP contribution < -0.4 is 11.1 Å². The van der Waals surface area contributed by atoms with E-state index in [1.54, 1.807) is 0 Å².